The number of nitrogens with two attached hydrogens (primary N) is 1. The minimum absolute atomic E-state index is 0.0652. The van der Waals surface area contributed by atoms with E-state index in [1.165, 1.54) is 11.1 Å². The standard InChI is InChI=1S/C15H19NO2/c16-14-9-2-1-7-12-11(5-3-8-13(12)14)6-4-10-15(17)18/h3-6,8,14H,1-2,7,9-10,16H2,(H,17,18)/b6-4-. The molecule has 0 radical (unpaired) electrons. The molecule has 0 saturated heterocycles. The lowest BCUT2D eigenvalue weighted by molar-refractivity contribution is -0.135. The Kier molecular flexibility index (Phi) is 4.15. The summed E-state index contributed by atoms with van der Waals surface area (Å²) in [5.74, 6) is -0.801. The van der Waals surface area contributed by atoms with Crippen LogP contribution in [0.5, 0.6) is 0 Å². The Labute approximate surface area is 107 Å². The van der Waals surface area contributed by atoms with Crippen molar-refractivity contribution in [3.63, 3.8) is 0 Å². The molecule has 1 atom stereocenters. The molecule has 1 aliphatic rings. The lowest BCUT2D eigenvalue weighted by atomic mass is 9.94. The summed E-state index contributed by atoms with van der Waals surface area (Å²) in [4.78, 5) is 10.5. The van der Waals surface area contributed by atoms with Crippen LogP contribution in [0.4, 0.5) is 0 Å². The van der Waals surface area contributed by atoms with E-state index in [0.29, 0.717) is 0 Å². The summed E-state index contributed by atoms with van der Waals surface area (Å²) in [5.41, 5.74) is 9.81. The van der Waals surface area contributed by atoms with Gasteiger partial charge in [-0.2, -0.15) is 0 Å². The molecule has 1 aromatic rings. The molecule has 0 amide bonds. The average molecular weight is 245 g/mol. The Morgan fingerprint density at radius 3 is 3.06 bits per heavy atom. The smallest absolute Gasteiger partial charge is 0.307 e. The minimum atomic E-state index is -0.801. The van der Waals surface area contributed by atoms with E-state index in [4.69, 9.17) is 10.8 Å². The van der Waals surface area contributed by atoms with E-state index in [1.54, 1.807) is 6.08 Å². The van der Waals surface area contributed by atoms with Crippen LogP contribution in [0, 0.1) is 0 Å². The Balaban J connectivity index is 2.28. The summed E-state index contributed by atoms with van der Waals surface area (Å²) in [6.07, 6.45) is 8.07. The molecule has 96 valence electrons. The van der Waals surface area contributed by atoms with Gasteiger partial charge < -0.3 is 10.8 Å². The number of rotatable bonds is 3. The first-order chi connectivity index (χ1) is 8.68. The molecule has 1 unspecified atom stereocenters. The van der Waals surface area contributed by atoms with Gasteiger partial charge in [0.25, 0.3) is 0 Å². The van der Waals surface area contributed by atoms with Crippen molar-refractivity contribution >= 4 is 12.0 Å². The first-order valence-electron chi connectivity index (χ1n) is 6.44. The highest BCUT2D eigenvalue weighted by Gasteiger charge is 2.16. The minimum Gasteiger partial charge on any atom is -0.481 e. The number of benzene rings is 1. The molecule has 0 fully saturated rings. The zero-order valence-electron chi connectivity index (χ0n) is 10.4. The average Bonchev–Trinajstić information content (AvgIpc) is 2.52. The van der Waals surface area contributed by atoms with E-state index in [2.05, 4.69) is 6.07 Å². The first kappa shape index (κ1) is 12.8. The van der Waals surface area contributed by atoms with E-state index in [9.17, 15) is 4.79 Å². The molecule has 0 spiro atoms. The second-order valence-corrected chi connectivity index (χ2v) is 4.77. The monoisotopic (exact) mass is 245 g/mol. The fraction of sp³-hybridized carbons (Fsp3) is 0.400. The lowest BCUT2D eigenvalue weighted by Gasteiger charge is -2.14. The molecule has 0 aromatic heterocycles. The van der Waals surface area contributed by atoms with E-state index in [0.717, 1.165) is 31.2 Å². The Bertz CT molecular complexity index is 466. The Hall–Kier alpha value is -1.61. The van der Waals surface area contributed by atoms with Gasteiger partial charge in [0.2, 0.25) is 0 Å². The molecular formula is C15H19NO2. The van der Waals surface area contributed by atoms with Gasteiger partial charge in [-0.25, -0.2) is 0 Å². The van der Waals surface area contributed by atoms with Crippen LogP contribution in [-0.4, -0.2) is 11.1 Å². The number of fused-ring (bicyclic) bond motifs is 1. The highest BCUT2D eigenvalue weighted by molar-refractivity contribution is 5.70. The van der Waals surface area contributed by atoms with Crippen molar-refractivity contribution in [3.05, 3.63) is 41.0 Å². The third-order valence-corrected chi connectivity index (χ3v) is 3.43. The van der Waals surface area contributed by atoms with E-state index >= 15 is 0 Å². The highest BCUT2D eigenvalue weighted by Crippen LogP contribution is 2.29. The van der Waals surface area contributed by atoms with Crippen LogP contribution in [0.1, 0.15) is 48.4 Å². The van der Waals surface area contributed by atoms with Gasteiger partial charge in [-0.15, -0.1) is 0 Å². The largest absolute Gasteiger partial charge is 0.481 e. The molecule has 0 aliphatic heterocycles. The van der Waals surface area contributed by atoms with Gasteiger partial charge >= 0.3 is 5.97 Å². The van der Waals surface area contributed by atoms with Crippen LogP contribution >= 0.6 is 0 Å². The number of hydrogen-bond acceptors (Lipinski definition) is 2. The summed E-state index contributed by atoms with van der Waals surface area (Å²) in [5, 5.41) is 8.65. The molecule has 1 aromatic carbocycles. The van der Waals surface area contributed by atoms with Gasteiger partial charge in [0, 0.05) is 6.04 Å². The second-order valence-electron chi connectivity index (χ2n) is 4.77. The van der Waals surface area contributed by atoms with Crippen molar-refractivity contribution in [2.24, 2.45) is 5.73 Å². The maximum atomic E-state index is 10.5. The Morgan fingerprint density at radius 1 is 1.44 bits per heavy atom. The molecule has 3 N–H and O–H groups in total. The van der Waals surface area contributed by atoms with E-state index in [1.807, 2.05) is 18.2 Å². The van der Waals surface area contributed by atoms with Crippen LogP contribution in [-0.2, 0) is 11.2 Å². The van der Waals surface area contributed by atoms with Crippen molar-refractivity contribution in [3.8, 4) is 0 Å². The molecule has 1 aliphatic carbocycles. The maximum absolute atomic E-state index is 10.5. The fourth-order valence-corrected chi connectivity index (χ4v) is 2.52. The molecule has 0 saturated carbocycles. The van der Waals surface area contributed by atoms with Crippen LogP contribution in [0.2, 0.25) is 0 Å². The van der Waals surface area contributed by atoms with Gasteiger partial charge in [-0.3, -0.25) is 4.79 Å². The number of hydrogen-bond donors (Lipinski definition) is 2. The summed E-state index contributed by atoms with van der Waals surface area (Å²) in [6, 6.07) is 6.26. The van der Waals surface area contributed by atoms with Crippen LogP contribution in [0.15, 0.2) is 24.3 Å². The third kappa shape index (κ3) is 2.99. The molecule has 3 nitrogen and oxygen atoms in total. The lowest BCUT2D eigenvalue weighted by Crippen LogP contribution is -2.10. The van der Waals surface area contributed by atoms with E-state index < -0.39 is 5.97 Å². The first-order valence-corrected chi connectivity index (χ1v) is 6.44. The molecule has 2 rings (SSSR count). The quantitative estimate of drug-likeness (QED) is 0.805. The van der Waals surface area contributed by atoms with Crippen LogP contribution < -0.4 is 5.73 Å². The number of carbonyl (C=O) groups is 1. The molecular weight excluding hydrogens is 226 g/mol. The third-order valence-electron chi connectivity index (χ3n) is 3.43. The zero-order chi connectivity index (χ0) is 13.0. The summed E-state index contributed by atoms with van der Waals surface area (Å²) in [7, 11) is 0. The number of carboxylic acids is 1. The molecule has 3 heteroatoms. The SMILES string of the molecule is NC1CCCCc2c(/C=C\CC(=O)O)cccc21. The predicted octanol–water partition coefficient (Wildman–Crippen LogP) is 2.90. The second kappa shape index (κ2) is 5.83. The highest BCUT2D eigenvalue weighted by atomic mass is 16.4. The predicted molar refractivity (Wildman–Crippen MR) is 72.2 cm³/mol. The number of carboxylic acid groups (broad SMARTS) is 1. The van der Waals surface area contributed by atoms with Crippen molar-refractivity contribution < 1.29 is 9.90 Å². The van der Waals surface area contributed by atoms with Gasteiger partial charge in [-0.1, -0.05) is 36.8 Å². The number of aliphatic carboxylic acids is 1. The summed E-state index contributed by atoms with van der Waals surface area (Å²) >= 11 is 0. The normalized spacial score (nSPS) is 19.5. The summed E-state index contributed by atoms with van der Waals surface area (Å²) < 4.78 is 0. The Morgan fingerprint density at radius 2 is 2.28 bits per heavy atom. The van der Waals surface area contributed by atoms with Gasteiger partial charge in [-0.05, 0) is 36.0 Å². The molecule has 18 heavy (non-hydrogen) atoms. The van der Waals surface area contributed by atoms with E-state index in [-0.39, 0.29) is 12.5 Å². The van der Waals surface area contributed by atoms with Crippen molar-refractivity contribution in [1.29, 1.82) is 0 Å². The van der Waals surface area contributed by atoms with Gasteiger partial charge in [0.15, 0.2) is 0 Å². The van der Waals surface area contributed by atoms with Crippen LogP contribution in [0.25, 0.3) is 6.08 Å². The molecule has 0 bridgehead atoms. The van der Waals surface area contributed by atoms with Crippen molar-refractivity contribution in [2.45, 2.75) is 38.1 Å². The topological polar surface area (TPSA) is 63.3 Å². The fourth-order valence-electron chi connectivity index (χ4n) is 2.52. The van der Waals surface area contributed by atoms with Crippen molar-refractivity contribution in [1.82, 2.24) is 0 Å². The van der Waals surface area contributed by atoms with Gasteiger partial charge in [0.05, 0.1) is 6.42 Å². The zero-order valence-corrected chi connectivity index (χ0v) is 10.4. The summed E-state index contributed by atoms with van der Waals surface area (Å²) in [6.45, 7) is 0. The maximum Gasteiger partial charge on any atom is 0.307 e. The molecule has 0 heterocycles. The van der Waals surface area contributed by atoms with Gasteiger partial charge in [0.1, 0.15) is 0 Å². The van der Waals surface area contributed by atoms with Crippen molar-refractivity contribution in [2.75, 3.05) is 0 Å². The van der Waals surface area contributed by atoms with Crippen LogP contribution in [0.3, 0.4) is 0 Å².